The normalized spacial score (nSPS) is 18.9. The van der Waals surface area contributed by atoms with Crippen molar-refractivity contribution in [1.29, 1.82) is 0 Å². The van der Waals surface area contributed by atoms with Gasteiger partial charge in [0.15, 0.2) is 0 Å². The van der Waals surface area contributed by atoms with E-state index in [1.54, 1.807) is 6.92 Å². The van der Waals surface area contributed by atoms with Crippen LogP contribution in [-0.2, 0) is 9.59 Å². The van der Waals surface area contributed by atoms with Crippen molar-refractivity contribution in [2.45, 2.75) is 19.4 Å². The SMILES string of the molecule is CCC1C(=O)NC(=O)CN1C(=O)c1cc(N)cc(F)c1. The third kappa shape index (κ3) is 2.61. The molecule has 1 heterocycles. The van der Waals surface area contributed by atoms with Crippen LogP contribution in [0.2, 0.25) is 0 Å². The third-order valence-electron chi connectivity index (χ3n) is 3.07. The minimum atomic E-state index is -0.746. The molecular weight excluding hydrogens is 265 g/mol. The van der Waals surface area contributed by atoms with Crippen LogP contribution in [0, 0.1) is 5.82 Å². The Bertz CT molecular complexity index is 568. The number of nitrogen functional groups attached to an aromatic ring is 1. The van der Waals surface area contributed by atoms with Gasteiger partial charge in [0.1, 0.15) is 18.4 Å². The third-order valence-corrected chi connectivity index (χ3v) is 3.07. The summed E-state index contributed by atoms with van der Waals surface area (Å²) in [5.74, 6) is -2.32. The Morgan fingerprint density at radius 3 is 2.75 bits per heavy atom. The number of benzene rings is 1. The molecule has 0 aliphatic carbocycles. The number of nitrogens with zero attached hydrogens (tertiary/aromatic N) is 1. The number of anilines is 1. The number of nitrogens with two attached hydrogens (primary N) is 1. The minimum absolute atomic E-state index is 0.0171. The van der Waals surface area contributed by atoms with Gasteiger partial charge in [-0.05, 0) is 24.6 Å². The zero-order chi connectivity index (χ0) is 14.9. The molecule has 0 bridgehead atoms. The van der Waals surface area contributed by atoms with E-state index in [9.17, 15) is 18.8 Å². The van der Waals surface area contributed by atoms with Gasteiger partial charge in [-0.2, -0.15) is 0 Å². The van der Waals surface area contributed by atoms with Gasteiger partial charge in [0.2, 0.25) is 11.8 Å². The van der Waals surface area contributed by atoms with Crippen molar-refractivity contribution in [2.24, 2.45) is 0 Å². The van der Waals surface area contributed by atoms with Crippen molar-refractivity contribution < 1.29 is 18.8 Å². The van der Waals surface area contributed by atoms with Gasteiger partial charge in [-0.25, -0.2) is 4.39 Å². The van der Waals surface area contributed by atoms with E-state index in [1.165, 1.54) is 6.07 Å². The van der Waals surface area contributed by atoms with Gasteiger partial charge in [-0.1, -0.05) is 6.92 Å². The van der Waals surface area contributed by atoms with Crippen LogP contribution in [0.15, 0.2) is 18.2 Å². The van der Waals surface area contributed by atoms with Gasteiger partial charge < -0.3 is 10.6 Å². The lowest BCUT2D eigenvalue weighted by Crippen LogP contribution is -2.59. The Kier molecular flexibility index (Phi) is 3.69. The van der Waals surface area contributed by atoms with Crippen molar-refractivity contribution in [2.75, 3.05) is 12.3 Å². The molecule has 20 heavy (non-hydrogen) atoms. The summed E-state index contributed by atoms with van der Waals surface area (Å²) in [5.41, 5.74) is 5.61. The number of nitrogens with one attached hydrogen (secondary N) is 1. The molecule has 1 aliphatic heterocycles. The van der Waals surface area contributed by atoms with Crippen LogP contribution in [0.25, 0.3) is 0 Å². The van der Waals surface area contributed by atoms with Gasteiger partial charge in [0.05, 0.1) is 0 Å². The number of piperazine rings is 1. The Balaban J connectivity index is 2.34. The molecule has 0 radical (unpaired) electrons. The Morgan fingerprint density at radius 1 is 1.45 bits per heavy atom. The number of halogens is 1. The average Bonchev–Trinajstić information content (AvgIpc) is 2.35. The van der Waals surface area contributed by atoms with Gasteiger partial charge in [-0.15, -0.1) is 0 Å². The standard InChI is InChI=1S/C13H14FN3O3/c1-2-10-12(19)16-11(18)6-17(10)13(20)7-3-8(14)5-9(15)4-7/h3-5,10H,2,6,15H2,1H3,(H,16,18,19). The summed E-state index contributed by atoms with van der Waals surface area (Å²) >= 11 is 0. The van der Waals surface area contributed by atoms with E-state index in [0.29, 0.717) is 6.42 Å². The van der Waals surface area contributed by atoms with Crippen LogP contribution in [0.1, 0.15) is 23.7 Å². The van der Waals surface area contributed by atoms with E-state index in [1.807, 2.05) is 0 Å². The topological polar surface area (TPSA) is 92.5 Å². The molecule has 6 nitrogen and oxygen atoms in total. The maximum absolute atomic E-state index is 13.3. The largest absolute Gasteiger partial charge is 0.399 e. The fraction of sp³-hybridized carbons (Fsp3) is 0.308. The van der Waals surface area contributed by atoms with E-state index in [2.05, 4.69) is 5.32 Å². The highest BCUT2D eigenvalue weighted by Crippen LogP contribution is 2.17. The number of carbonyl (C=O) groups excluding carboxylic acids is 3. The van der Waals surface area contributed by atoms with Gasteiger partial charge in [-0.3, -0.25) is 19.7 Å². The number of imide groups is 1. The first-order valence-corrected chi connectivity index (χ1v) is 6.13. The molecule has 106 valence electrons. The number of hydrogen-bond donors (Lipinski definition) is 2. The van der Waals surface area contributed by atoms with Crippen LogP contribution in [-0.4, -0.2) is 35.2 Å². The van der Waals surface area contributed by atoms with E-state index >= 15 is 0 Å². The van der Waals surface area contributed by atoms with E-state index in [4.69, 9.17) is 5.73 Å². The molecule has 0 aromatic heterocycles. The van der Waals surface area contributed by atoms with Crippen LogP contribution < -0.4 is 11.1 Å². The van der Waals surface area contributed by atoms with Crippen LogP contribution in [0.5, 0.6) is 0 Å². The summed E-state index contributed by atoms with van der Waals surface area (Å²) in [6.45, 7) is 1.49. The van der Waals surface area contributed by atoms with Crippen LogP contribution >= 0.6 is 0 Å². The molecule has 3 amide bonds. The average molecular weight is 279 g/mol. The second kappa shape index (κ2) is 5.28. The molecule has 7 heteroatoms. The van der Waals surface area contributed by atoms with E-state index < -0.39 is 29.6 Å². The summed E-state index contributed by atoms with van der Waals surface area (Å²) in [6.07, 6.45) is 0.357. The highest BCUT2D eigenvalue weighted by molar-refractivity contribution is 6.07. The predicted octanol–water partition coefficient (Wildman–Crippen LogP) is 0.285. The quantitative estimate of drug-likeness (QED) is 0.601. The summed E-state index contributed by atoms with van der Waals surface area (Å²) in [4.78, 5) is 36.6. The van der Waals surface area contributed by atoms with Crippen LogP contribution in [0.3, 0.4) is 0 Å². The lowest BCUT2D eigenvalue weighted by Gasteiger charge is -2.33. The lowest BCUT2D eigenvalue weighted by atomic mass is 10.1. The molecular formula is C13H14FN3O3. The number of hydrogen-bond acceptors (Lipinski definition) is 4. The van der Waals surface area contributed by atoms with Gasteiger partial charge in [0, 0.05) is 11.3 Å². The molecule has 3 N–H and O–H groups in total. The lowest BCUT2D eigenvalue weighted by molar-refractivity contribution is -0.138. The maximum atomic E-state index is 13.3. The molecule has 1 aromatic rings. The molecule has 1 aromatic carbocycles. The number of amides is 3. The Labute approximate surface area is 114 Å². The van der Waals surface area contributed by atoms with Gasteiger partial charge in [0.25, 0.3) is 5.91 Å². The molecule has 1 unspecified atom stereocenters. The zero-order valence-electron chi connectivity index (χ0n) is 10.9. The van der Waals surface area contributed by atoms with E-state index in [0.717, 1.165) is 17.0 Å². The molecule has 1 fully saturated rings. The highest BCUT2D eigenvalue weighted by Gasteiger charge is 2.36. The smallest absolute Gasteiger partial charge is 0.255 e. The Morgan fingerprint density at radius 2 is 2.15 bits per heavy atom. The van der Waals surface area contributed by atoms with Crippen molar-refractivity contribution >= 4 is 23.4 Å². The first kappa shape index (κ1) is 14.0. The second-order valence-corrected chi connectivity index (χ2v) is 4.54. The molecule has 2 rings (SSSR count). The summed E-state index contributed by atoms with van der Waals surface area (Å²) in [5, 5.41) is 2.17. The summed E-state index contributed by atoms with van der Waals surface area (Å²) in [6, 6.07) is 2.68. The molecule has 1 atom stereocenters. The second-order valence-electron chi connectivity index (χ2n) is 4.54. The zero-order valence-corrected chi connectivity index (χ0v) is 10.9. The van der Waals surface area contributed by atoms with Crippen molar-refractivity contribution in [1.82, 2.24) is 10.2 Å². The monoisotopic (exact) mass is 279 g/mol. The van der Waals surface area contributed by atoms with E-state index in [-0.39, 0.29) is 17.8 Å². The summed E-state index contributed by atoms with van der Waals surface area (Å²) in [7, 11) is 0. The minimum Gasteiger partial charge on any atom is -0.399 e. The van der Waals surface area contributed by atoms with Crippen LogP contribution in [0.4, 0.5) is 10.1 Å². The molecule has 1 aliphatic rings. The van der Waals surface area contributed by atoms with Crippen molar-refractivity contribution in [3.63, 3.8) is 0 Å². The fourth-order valence-corrected chi connectivity index (χ4v) is 2.19. The number of carbonyl (C=O) groups is 3. The molecule has 0 saturated carbocycles. The maximum Gasteiger partial charge on any atom is 0.255 e. The van der Waals surface area contributed by atoms with Gasteiger partial charge >= 0.3 is 0 Å². The molecule has 0 spiro atoms. The first-order chi connectivity index (χ1) is 9.42. The predicted molar refractivity (Wildman–Crippen MR) is 69.1 cm³/mol. The number of rotatable bonds is 2. The highest BCUT2D eigenvalue weighted by atomic mass is 19.1. The van der Waals surface area contributed by atoms with Crippen molar-refractivity contribution in [3.05, 3.63) is 29.6 Å². The fourth-order valence-electron chi connectivity index (χ4n) is 2.19. The van der Waals surface area contributed by atoms with Crippen molar-refractivity contribution in [3.8, 4) is 0 Å². The molecule has 1 saturated heterocycles. The summed E-state index contributed by atoms with van der Waals surface area (Å²) < 4.78 is 13.3. The Hall–Kier alpha value is -2.44. The first-order valence-electron chi connectivity index (χ1n) is 6.13.